The lowest BCUT2D eigenvalue weighted by Crippen LogP contribution is -2.37. The average molecular weight is 822 g/mol. The Labute approximate surface area is 317 Å². The van der Waals surface area contributed by atoms with Crippen molar-refractivity contribution in [2.45, 2.75) is 112 Å². The molecule has 0 saturated carbocycles. The lowest BCUT2D eigenvalue weighted by atomic mass is 9.81. The van der Waals surface area contributed by atoms with Crippen LogP contribution in [0.4, 0.5) is 26.3 Å². The average Bonchev–Trinajstić information content (AvgIpc) is 2.97. The summed E-state index contributed by atoms with van der Waals surface area (Å²) in [6.45, 7) is 23.1. The molecule has 0 spiro atoms. The van der Waals surface area contributed by atoms with E-state index in [9.17, 15) is 50.3 Å². The second-order valence-corrected chi connectivity index (χ2v) is 13.7. The van der Waals surface area contributed by atoms with E-state index in [0.29, 0.717) is 18.4 Å². The van der Waals surface area contributed by atoms with E-state index in [1.165, 1.54) is 0 Å². The van der Waals surface area contributed by atoms with Gasteiger partial charge in [-0.05, 0) is 62.9 Å². The standard InChI is InChI=1S/C7H15N3.C6H15N.2C4H4F3NO2S.C4H11N.C2H4N4OS/c1-6(2)7(3,4)5-9-10-8;1-5(2)6(3,4)7;2*5-4(6,7)2(9)1-3(10)8-11;1-4(2,3)5;3-6-4-1-2(7)5-8/h6H,5H2,1-4H3;5H,7H2,1-4H3;2*11H,1H2,(H,8,10);5H2,1-3H3;8H,1H2,(H,5,7). The zero-order chi connectivity index (χ0) is 43.3. The Morgan fingerprint density at radius 2 is 0.904 bits per heavy atom. The topological polar surface area (TPSA) is 271 Å². The van der Waals surface area contributed by atoms with Crippen LogP contribution in [0.1, 0.15) is 89.0 Å². The third-order valence-electron chi connectivity index (χ3n) is 5.52. The van der Waals surface area contributed by atoms with Gasteiger partial charge >= 0.3 is 12.4 Å². The highest BCUT2D eigenvalue weighted by Gasteiger charge is 2.39. The number of carbonyl (C=O) groups excluding carboxylic acids is 5. The lowest BCUT2D eigenvalue weighted by Gasteiger charge is -2.26. The second kappa shape index (κ2) is 30.4. The number of Topliss-reactive ketones (excluding diaryl/α,β-unsaturated/α-hetero) is 2. The van der Waals surface area contributed by atoms with Crippen LogP contribution in [0.2, 0.25) is 0 Å². The minimum Gasteiger partial charge on any atom is -0.326 e. The number of ketones is 2. The van der Waals surface area contributed by atoms with Crippen LogP contribution in [0, 0.1) is 17.3 Å². The van der Waals surface area contributed by atoms with Crippen molar-refractivity contribution >= 4 is 67.7 Å². The predicted octanol–water partition coefficient (Wildman–Crippen LogP) is 6.30. The van der Waals surface area contributed by atoms with Crippen molar-refractivity contribution in [3.8, 4) is 0 Å². The van der Waals surface area contributed by atoms with Crippen LogP contribution in [0.25, 0.3) is 20.9 Å². The highest BCUT2D eigenvalue weighted by molar-refractivity contribution is 7.79. The molecule has 0 aliphatic rings. The van der Waals surface area contributed by atoms with E-state index in [1.54, 1.807) is 9.44 Å². The molecular weight excluding hydrogens is 769 g/mol. The van der Waals surface area contributed by atoms with E-state index in [-0.39, 0.29) is 23.0 Å². The van der Waals surface area contributed by atoms with Gasteiger partial charge in [-0.1, -0.05) is 90.2 Å². The third kappa shape index (κ3) is 51.3. The Balaban J connectivity index is -0.000000124. The molecule has 3 amide bonds. The van der Waals surface area contributed by atoms with E-state index in [4.69, 9.17) is 22.5 Å². The summed E-state index contributed by atoms with van der Waals surface area (Å²) in [4.78, 5) is 55.5. The number of thiol groups is 3. The number of nitrogens with one attached hydrogen (secondary N) is 3. The number of alkyl halides is 6. The molecule has 0 aliphatic carbocycles. The molecule has 0 aromatic heterocycles. The highest BCUT2D eigenvalue weighted by atomic mass is 32.1. The van der Waals surface area contributed by atoms with Gasteiger partial charge in [0.1, 0.15) is 6.54 Å². The fraction of sp³-hybridized carbons (Fsp3) is 0.815. The molecule has 0 atom stereocenters. The van der Waals surface area contributed by atoms with Crippen LogP contribution in [-0.4, -0.2) is 65.8 Å². The Hall–Kier alpha value is -3.08. The zero-order valence-corrected chi connectivity index (χ0v) is 33.7. The van der Waals surface area contributed by atoms with Crippen LogP contribution in [0.15, 0.2) is 10.2 Å². The summed E-state index contributed by atoms with van der Waals surface area (Å²) >= 11 is 9.74. The van der Waals surface area contributed by atoms with Crippen LogP contribution in [0.5, 0.6) is 0 Å². The molecule has 25 heteroatoms. The van der Waals surface area contributed by atoms with Crippen molar-refractivity contribution in [3.05, 3.63) is 20.9 Å². The fourth-order valence-corrected chi connectivity index (χ4v) is 1.33. The molecule has 52 heavy (non-hydrogen) atoms. The molecule has 0 saturated heterocycles. The Kier molecular flexibility index (Phi) is 35.6. The Bertz CT molecular complexity index is 1120. The van der Waals surface area contributed by atoms with Crippen molar-refractivity contribution in [1.82, 2.24) is 14.2 Å². The smallest absolute Gasteiger partial charge is 0.326 e. The summed E-state index contributed by atoms with van der Waals surface area (Å²) in [7, 11) is 0. The number of hydrogen-bond acceptors (Lipinski definition) is 12. The Morgan fingerprint density at radius 3 is 1.08 bits per heavy atom. The summed E-state index contributed by atoms with van der Waals surface area (Å²) in [5, 5.41) is 6.51. The second-order valence-electron chi connectivity index (χ2n) is 13.1. The van der Waals surface area contributed by atoms with Gasteiger partial charge in [0.2, 0.25) is 29.3 Å². The number of amides is 3. The van der Waals surface area contributed by atoms with E-state index in [2.05, 4.69) is 100 Å². The summed E-state index contributed by atoms with van der Waals surface area (Å²) < 4.78 is 73.5. The normalized spacial score (nSPS) is 10.8. The molecular formula is C27H53F6N11O5S3. The van der Waals surface area contributed by atoms with Gasteiger partial charge in [0, 0.05) is 27.4 Å². The number of hydrogen-bond donors (Lipinski definition) is 8. The minimum atomic E-state index is -4.94. The maximum atomic E-state index is 11.4. The number of nitrogens with zero attached hydrogens (tertiary/aromatic N) is 6. The van der Waals surface area contributed by atoms with Gasteiger partial charge in [-0.15, -0.1) is 0 Å². The maximum absolute atomic E-state index is 11.4. The maximum Gasteiger partial charge on any atom is 0.450 e. The van der Waals surface area contributed by atoms with E-state index in [0.717, 1.165) is 0 Å². The first-order valence-corrected chi connectivity index (χ1v) is 15.9. The molecule has 306 valence electrons. The number of azide groups is 2. The van der Waals surface area contributed by atoms with Crippen LogP contribution in [-0.2, 0) is 24.0 Å². The van der Waals surface area contributed by atoms with Crippen molar-refractivity contribution in [1.29, 1.82) is 0 Å². The molecule has 0 rings (SSSR count). The minimum absolute atomic E-state index is 0. The van der Waals surface area contributed by atoms with Gasteiger partial charge in [-0.25, -0.2) is 0 Å². The summed E-state index contributed by atoms with van der Waals surface area (Å²) in [5.74, 6) is -5.59. The molecule has 0 unspecified atom stereocenters. The van der Waals surface area contributed by atoms with Crippen molar-refractivity contribution < 1.29 is 50.3 Å². The SMILES string of the molecule is CC(C)(C)N.CC(C)C(C)(C)CN=[N+]=[N-].CC(C)C(C)(C)N.O=C(CC(=O)C(F)(F)F)NS.O=C(CC(=O)C(F)(F)F)NS.[N-]=[N+]=NCC(=O)NS. The summed E-state index contributed by atoms with van der Waals surface area (Å²) in [6.07, 6.45) is -12.3. The van der Waals surface area contributed by atoms with Gasteiger partial charge in [0.05, 0.1) is 12.8 Å². The number of nitrogens with two attached hydrogens (primary N) is 2. The first-order chi connectivity index (χ1) is 23.0. The molecule has 0 fully saturated rings. The number of halogens is 6. The monoisotopic (exact) mass is 821 g/mol. The van der Waals surface area contributed by atoms with Gasteiger partial charge in [0.25, 0.3) is 0 Å². The van der Waals surface area contributed by atoms with E-state index >= 15 is 0 Å². The largest absolute Gasteiger partial charge is 0.450 e. The van der Waals surface area contributed by atoms with Crippen LogP contribution in [0.3, 0.4) is 0 Å². The highest BCUT2D eigenvalue weighted by Crippen LogP contribution is 2.26. The van der Waals surface area contributed by atoms with Gasteiger partial charge in [0.15, 0.2) is 0 Å². The molecule has 0 bridgehead atoms. The molecule has 7 N–H and O–H groups in total. The molecule has 0 radical (unpaired) electrons. The first-order valence-electron chi connectivity index (χ1n) is 14.6. The zero-order valence-electron chi connectivity index (χ0n) is 31.0. The molecule has 16 nitrogen and oxygen atoms in total. The van der Waals surface area contributed by atoms with Gasteiger partial charge in [-0.3, -0.25) is 24.0 Å². The van der Waals surface area contributed by atoms with Gasteiger partial charge < -0.3 is 25.6 Å². The quantitative estimate of drug-likeness (QED) is 0.0311. The Morgan fingerprint density at radius 1 is 0.635 bits per heavy atom. The molecule has 0 aromatic rings. The van der Waals surface area contributed by atoms with Crippen molar-refractivity contribution in [2.24, 2.45) is 38.9 Å². The predicted molar refractivity (Wildman–Crippen MR) is 196 cm³/mol. The molecule has 0 heterocycles. The van der Waals surface area contributed by atoms with E-state index in [1.807, 2.05) is 39.3 Å². The van der Waals surface area contributed by atoms with E-state index < -0.39 is 54.5 Å². The summed E-state index contributed by atoms with van der Waals surface area (Å²) in [6, 6.07) is 0. The molecule has 0 aromatic carbocycles. The fourth-order valence-electron chi connectivity index (χ4n) is 1.10. The van der Waals surface area contributed by atoms with Crippen LogP contribution < -0.4 is 25.6 Å². The van der Waals surface area contributed by atoms with Crippen molar-refractivity contribution in [2.75, 3.05) is 13.1 Å². The van der Waals surface area contributed by atoms with Crippen molar-refractivity contribution in [3.63, 3.8) is 0 Å². The summed E-state index contributed by atoms with van der Waals surface area (Å²) in [5.41, 5.74) is 26.9. The third-order valence-corrected chi connectivity index (χ3v) is 6.27. The number of carbonyl (C=O) groups is 5. The lowest BCUT2D eigenvalue weighted by molar-refractivity contribution is -0.172. The first kappa shape index (κ1) is 61.0. The molecule has 0 aliphatic heterocycles. The van der Waals surface area contributed by atoms with Gasteiger partial charge in [-0.2, -0.15) is 26.3 Å². The number of rotatable bonds is 10. The van der Waals surface area contributed by atoms with Crippen LogP contribution >= 0.6 is 38.4 Å².